The van der Waals surface area contributed by atoms with Gasteiger partial charge in [0.2, 0.25) is 5.91 Å². The van der Waals surface area contributed by atoms with Gasteiger partial charge in [-0.2, -0.15) is 0 Å². The zero-order valence-corrected chi connectivity index (χ0v) is 15.6. The van der Waals surface area contributed by atoms with Gasteiger partial charge in [0, 0.05) is 0 Å². The van der Waals surface area contributed by atoms with Crippen molar-refractivity contribution in [2.24, 2.45) is 5.92 Å². The van der Waals surface area contributed by atoms with Crippen LogP contribution in [0.2, 0.25) is 0 Å². The third-order valence-electron chi connectivity index (χ3n) is 5.47. The summed E-state index contributed by atoms with van der Waals surface area (Å²) in [7, 11) is 0. The number of para-hydroxylation sites is 1. The van der Waals surface area contributed by atoms with E-state index in [-0.39, 0.29) is 11.6 Å². The summed E-state index contributed by atoms with van der Waals surface area (Å²) in [6, 6.07) is 13.6. The molecule has 1 amide bonds. The molecule has 0 radical (unpaired) electrons. The van der Waals surface area contributed by atoms with Crippen LogP contribution in [0.1, 0.15) is 31.7 Å². The smallest absolute Gasteiger partial charge is 0.241 e. The predicted molar refractivity (Wildman–Crippen MR) is 104 cm³/mol. The molecule has 144 valence electrons. The second-order valence-corrected chi connectivity index (χ2v) is 7.27. The van der Waals surface area contributed by atoms with E-state index in [1.807, 2.05) is 6.07 Å². The van der Waals surface area contributed by atoms with Crippen LogP contribution in [0.5, 0.6) is 0 Å². The average Bonchev–Trinajstić information content (AvgIpc) is 2.70. The Bertz CT molecular complexity index is 738. The number of carbonyl (C=O) groups excluding carboxylic acids is 1. The number of piperidine rings is 1. The highest BCUT2D eigenvalue weighted by molar-refractivity contribution is 5.94. The van der Waals surface area contributed by atoms with Crippen molar-refractivity contribution >= 4 is 11.6 Å². The molecule has 1 fully saturated rings. The average molecular weight is 372 g/mol. The first-order valence-electron chi connectivity index (χ1n) is 9.57. The largest absolute Gasteiger partial charge is 0.320 e. The third kappa shape index (κ3) is 5.13. The summed E-state index contributed by atoms with van der Waals surface area (Å²) in [6.07, 6.45) is 4.31. The fourth-order valence-electron chi connectivity index (χ4n) is 3.66. The Morgan fingerprint density at radius 2 is 1.70 bits per heavy atom. The molecule has 0 aliphatic carbocycles. The van der Waals surface area contributed by atoms with Gasteiger partial charge in [0.15, 0.2) is 0 Å². The molecular formula is C22H26F2N2O. The van der Waals surface area contributed by atoms with Gasteiger partial charge in [0.25, 0.3) is 0 Å². The van der Waals surface area contributed by atoms with Crippen molar-refractivity contribution in [1.82, 2.24) is 4.90 Å². The molecule has 3 rings (SSSR count). The number of anilines is 1. The summed E-state index contributed by atoms with van der Waals surface area (Å²) in [5.74, 6) is -1.23. The molecule has 0 aromatic heterocycles. The van der Waals surface area contributed by atoms with E-state index in [0.29, 0.717) is 5.92 Å². The van der Waals surface area contributed by atoms with Crippen LogP contribution in [0.25, 0.3) is 0 Å². The van der Waals surface area contributed by atoms with Crippen LogP contribution in [0.15, 0.2) is 48.5 Å². The number of hydrogen-bond acceptors (Lipinski definition) is 2. The summed E-state index contributed by atoms with van der Waals surface area (Å²) in [5.41, 5.74) is 0.992. The van der Waals surface area contributed by atoms with Gasteiger partial charge in [0.1, 0.15) is 17.3 Å². The molecule has 3 nitrogen and oxygen atoms in total. The number of aryl methyl sites for hydroxylation is 1. The van der Waals surface area contributed by atoms with Gasteiger partial charge in [-0.15, -0.1) is 0 Å². The summed E-state index contributed by atoms with van der Waals surface area (Å²) in [6.45, 7) is 3.44. The quantitative estimate of drug-likeness (QED) is 0.801. The molecule has 1 aliphatic rings. The van der Waals surface area contributed by atoms with Crippen molar-refractivity contribution in [3.63, 3.8) is 0 Å². The van der Waals surface area contributed by atoms with Gasteiger partial charge in [0.05, 0.1) is 6.04 Å². The van der Waals surface area contributed by atoms with E-state index >= 15 is 0 Å². The number of likely N-dealkylation sites (tertiary alicyclic amines) is 1. The third-order valence-corrected chi connectivity index (χ3v) is 5.47. The Labute approximate surface area is 159 Å². The molecule has 1 N–H and O–H groups in total. The molecule has 1 heterocycles. The van der Waals surface area contributed by atoms with E-state index in [9.17, 15) is 13.6 Å². The lowest BCUT2D eigenvalue weighted by molar-refractivity contribution is -0.121. The van der Waals surface area contributed by atoms with Gasteiger partial charge in [-0.3, -0.25) is 9.69 Å². The summed E-state index contributed by atoms with van der Waals surface area (Å²) < 4.78 is 27.4. The molecule has 2 aromatic carbocycles. The number of amides is 1. The van der Waals surface area contributed by atoms with E-state index in [1.165, 1.54) is 11.6 Å². The Morgan fingerprint density at radius 1 is 1.07 bits per heavy atom. The SMILES string of the molecule is CC(C(=O)Nc1c(F)cccc1F)N1CCC(CCc2ccccc2)CC1. The van der Waals surface area contributed by atoms with E-state index in [0.717, 1.165) is 50.9 Å². The lowest BCUT2D eigenvalue weighted by atomic mass is 9.90. The summed E-state index contributed by atoms with van der Waals surface area (Å²) >= 11 is 0. The number of halogens is 2. The number of carbonyl (C=O) groups is 1. The van der Waals surface area contributed by atoms with Gasteiger partial charge in [-0.1, -0.05) is 36.4 Å². The van der Waals surface area contributed by atoms with Crippen LogP contribution in [0, 0.1) is 17.6 Å². The number of nitrogens with zero attached hydrogens (tertiary/aromatic N) is 1. The van der Waals surface area contributed by atoms with Crippen molar-refractivity contribution < 1.29 is 13.6 Å². The lowest BCUT2D eigenvalue weighted by Gasteiger charge is -2.35. The van der Waals surface area contributed by atoms with E-state index < -0.39 is 17.7 Å². The van der Waals surface area contributed by atoms with E-state index in [4.69, 9.17) is 0 Å². The fraction of sp³-hybridized carbons (Fsp3) is 0.409. The number of benzene rings is 2. The van der Waals surface area contributed by atoms with Crippen molar-refractivity contribution in [1.29, 1.82) is 0 Å². The Hall–Kier alpha value is -2.27. The maximum atomic E-state index is 13.7. The minimum Gasteiger partial charge on any atom is -0.320 e. The minimum absolute atomic E-state index is 0.368. The van der Waals surface area contributed by atoms with Crippen molar-refractivity contribution in [3.8, 4) is 0 Å². The second-order valence-electron chi connectivity index (χ2n) is 7.27. The van der Waals surface area contributed by atoms with Crippen LogP contribution in [0.3, 0.4) is 0 Å². The monoisotopic (exact) mass is 372 g/mol. The zero-order valence-electron chi connectivity index (χ0n) is 15.6. The number of hydrogen-bond donors (Lipinski definition) is 1. The maximum Gasteiger partial charge on any atom is 0.241 e. The predicted octanol–water partition coefficient (Wildman–Crippen LogP) is 4.64. The fourth-order valence-corrected chi connectivity index (χ4v) is 3.66. The molecule has 1 atom stereocenters. The summed E-state index contributed by atoms with van der Waals surface area (Å²) in [5, 5.41) is 2.40. The highest BCUT2D eigenvalue weighted by Gasteiger charge is 2.27. The molecule has 0 bridgehead atoms. The Kier molecular flexibility index (Phi) is 6.56. The molecular weight excluding hydrogens is 346 g/mol. The molecule has 0 spiro atoms. The van der Waals surface area contributed by atoms with Crippen LogP contribution in [-0.2, 0) is 11.2 Å². The highest BCUT2D eigenvalue weighted by Crippen LogP contribution is 2.24. The standard InChI is InChI=1S/C22H26F2N2O/c1-16(22(27)25-21-19(23)8-5-9-20(21)24)26-14-12-18(13-15-26)11-10-17-6-3-2-4-7-17/h2-9,16,18H,10-15H2,1H3,(H,25,27). The first-order valence-corrected chi connectivity index (χ1v) is 9.57. The first-order chi connectivity index (χ1) is 13.0. The Balaban J connectivity index is 1.48. The van der Waals surface area contributed by atoms with Crippen molar-refractivity contribution in [2.75, 3.05) is 18.4 Å². The minimum atomic E-state index is -0.754. The van der Waals surface area contributed by atoms with Crippen LogP contribution < -0.4 is 5.32 Å². The van der Waals surface area contributed by atoms with Crippen LogP contribution >= 0.6 is 0 Å². The first kappa shape index (κ1) is 19.5. The molecule has 0 saturated carbocycles. The second kappa shape index (κ2) is 9.09. The topological polar surface area (TPSA) is 32.3 Å². The maximum absolute atomic E-state index is 13.7. The highest BCUT2D eigenvalue weighted by atomic mass is 19.1. The molecule has 1 saturated heterocycles. The van der Waals surface area contributed by atoms with Crippen LogP contribution in [-0.4, -0.2) is 29.9 Å². The van der Waals surface area contributed by atoms with Crippen molar-refractivity contribution in [2.45, 2.75) is 38.6 Å². The van der Waals surface area contributed by atoms with Gasteiger partial charge in [-0.05, 0) is 69.3 Å². The van der Waals surface area contributed by atoms with Crippen LogP contribution in [0.4, 0.5) is 14.5 Å². The molecule has 5 heteroatoms. The Morgan fingerprint density at radius 3 is 2.33 bits per heavy atom. The normalized spacial score (nSPS) is 16.9. The van der Waals surface area contributed by atoms with Crippen molar-refractivity contribution in [3.05, 3.63) is 65.7 Å². The number of nitrogens with one attached hydrogen (secondary N) is 1. The van der Waals surface area contributed by atoms with E-state index in [1.54, 1.807) is 6.92 Å². The zero-order chi connectivity index (χ0) is 19.2. The molecule has 1 aliphatic heterocycles. The van der Waals surface area contributed by atoms with Gasteiger partial charge < -0.3 is 5.32 Å². The van der Waals surface area contributed by atoms with Gasteiger partial charge in [-0.25, -0.2) is 8.78 Å². The number of rotatable bonds is 6. The molecule has 1 unspecified atom stereocenters. The summed E-state index contributed by atoms with van der Waals surface area (Å²) in [4.78, 5) is 14.5. The molecule has 27 heavy (non-hydrogen) atoms. The van der Waals surface area contributed by atoms with Gasteiger partial charge >= 0.3 is 0 Å². The molecule has 2 aromatic rings. The van der Waals surface area contributed by atoms with E-state index in [2.05, 4.69) is 34.5 Å². The lowest BCUT2D eigenvalue weighted by Crippen LogP contribution is -2.46.